The monoisotopic (exact) mass is 374 g/mol. The van der Waals surface area contributed by atoms with Crippen LogP contribution in [0.4, 0.5) is 5.69 Å². The Hall–Kier alpha value is -1.67. The number of anilines is 1. The van der Waals surface area contributed by atoms with Crippen LogP contribution >= 0.6 is 0 Å². The standard InChI is InChI=1S/C20H30N4O3/c25-18(15-23-10-12-27-13-11-23)14-22-8-6-20(7-9-22)19(26)21-16-24(20)17-4-2-1-3-5-17/h1-5,18,25H,6-16H2,(H,21,26). The third-order valence-electron chi connectivity index (χ3n) is 6.13. The highest BCUT2D eigenvalue weighted by molar-refractivity contribution is 5.93. The van der Waals surface area contributed by atoms with Gasteiger partial charge >= 0.3 is 0 Å². The third kappa shape index (κ3) is 3.96. The first kappa shape index (κ1) is 18.7. The van der Waals surface area contributed by atoms with Gasteiger partial charge in [0, 0.05) is 45.0 Å². The van der Waals surface area contributed by atoms with Gasteiger partial charge in [0.2, 0.25) is 5.91 Å². The Morgan fingerprint density at radius 3 is 2.33 bits per heavy atom. The van der Waals surface area contributed by atoms with Crippen molar-refractivity contribution in [2.75, 3.05) is 64.1 Å². The summed E-state index contributed by atoms with van der Waals surface area (Å²) in [5.74, 6) is 0.139. The molecule has 7 nitrogen and oxygen atoms in total. The van der Waals surface area contributed by atoms with Crippen LogP contribution in [0, 0.1) is 0 Å². The van der Waals surface area contributed by atoms with Gasteiger partial charge in [0.15, 0.2) is 0 Å². The first-order valence-electron chi connectivity index (χ1n) is 9.99. The molecule has 148 valence electrons. The van der Waals surface area contributed by atoms with Crippen molar-refractivity contribution in [3.63, 3.8) is 0 Å². The van der Waals surface area contributed by atoms with Gasteiger partial charge in [0.1, 0.15) is 5.54 Å². The van der Waals surface area contributed by atoms with Crippen LogP contribution in [0.1, 0.15) is 12.8 Å². The Morgan fingerprint density at radius 1 is 1.04 bits per heavy atom. The number of hydrogen-bond acceptors (Lipinski definition) is 6. The Kier molecular flexibility index (Phi) is 5.63. The van der Waals surface area contributed by atoms with E-state index in [-0.39, 0.29) is 12.0 Å². The Balaban J connectivity index is 1.33. The minimum absolute atomic E-state index is 0.139. The van der Waals surface area contributed by atoms with Gasteiger partial charge in [-0.3, -0.25) is 9.69 Å². The number of para-hydroxylation sites is 1. The molecule has 1 aromatic rings. The lowest BCUT2D eigenvalue weighted by molar-refractivity contribution is -0.125. The number of amides is 1. The predicted octanol–water partition coefficient (Wildman–Crippen LogP) is 0.108. The number of carbonyl (C=O) groups excluding carboxylic acids is 1. The van der Waals surface area contributed by atoms with E-state index >= 15 is 0 Å². The van der Waals surface area contributed by atoms with E-state index < -0.39 is 5.54 Å². The number of β-amino-alcohol motifs (C(OH)–C–C–N with tert-alkyl or cyclic N) is 1. The SMILES string of the molecule is O=C1NCN(c2ccccc2)C12CCN(CC(O)CN1CCOCC1)CC2. The van der Waals surface area contributed by atoms with Crippen molar-refractivity contribution < 1.29 is 14.6 Å². The average Bonchev–Trinajstić information content (AvgIpc) is 3.01. The van der Waals surface area contributed by atoms with Crippen molar-refractivity contribution in [3.8, 4) is 0 Å². The van der Waals surface area contributed by atoms with E-state index in [1.165, 1.54) is 0 Å². The molecule has 1 unspecified atom stereocenters. The van der Waals surface area contributed by atoms with E-state index in [2.05, 4.69) is 32.1 Å². The van der Waals surface area contributed by atoms with Crippen LogP contribution in [-0.2, 0) is 9.53 Å². The van der Waals surface area contributed by atoms with Gasteiger partial charge in [-0.05, 0) is 25.0 Å². The van der Waals surface area contributed by atoms with Crippen molar-refractivity contribution in [1.82, 2.24) is 15.1 Å². The second-order valence-electron chi connectivity index (χ2n) is 7.83. The van der Waals surface area contributed by atoms with Gasteiger partial charge in [0.25, 0.3) is 0 Å². The summed E-state index contributed by atoms with van der Waals surface area (Å²) in [6.07, 6.45) is 1.22. The summed E-state index contributed by atoms with van der Waals surface area (Å²) in [5, 5.41) is 13.5. The van der Waals surface area contributed by atoms with E-state index in [1.54, 1.807) is 0 Å². The van der Waals surface area contributed by atoms with E-state index in [1.807, 2.05) is 18.2 Å². The molecule has 7 heteroatoms. The molecule has 1 spiro atoms. The number of rotatable bonds is 5. The maximum Gasteiger partial charge on any atom is 0.247 e. The highest BCUT2D eigenvalue weighted by Gasteiger charge is 2.50. The fourth-order valence-electron chi connectivity index (χ4n) is 4.58. The molecule has 0 aliphatic carbocycles. The van der Waals surface area contributed by atoms with E-state index in [0.29, 0.717) is 19.8 Å². The molecule has 3 aliphatic rings. The van der Waals surface area contributed by atoms with Crippen LogP contribution in [-0.4, -0.2) is 91.6 Å². The molecular formula is C20H30N4O3. The lowest BCUT2D eigenvalue weighted by Gasteiger charge is -2.44. The number of carbonyl (C=O) groups is 1. The van der Waals surface area contributed by atoms with Gasteiger partial charge < -0.3 is 25.0 Å². The molecule has 27 heavy (non-hydrogen) atoms. The highest BCUT2D eigenvalue weighted by atomic mass is 16.5. The van der Waals surface area contributed by atoms with Crippen molar-refractivity contribution in [2.45, 2.75) is 24.5 Å². The summed E-state index contributed by atoms with van der Waals surface area (Å²) in [4.78, 5) is 19.5. The zero-order valence-corrected chi connectivity index (χ0v) is 15.8. The summed E-state index contributed by atoms with van der Waals surface area (Å²) in [7, 11) is 0. The molecule has 3 saturated heterocycles. The number of piperidine rings is 1. The Labute approximate surface area is 160 Å². The fraction of sp³-hybridized carbons (Fsp3) is 0.650. The molecule has 3 fully saturated rings. The summed E-state index contributed by atoms with van der Waals surface area (Å²) in [6, 6.07) is 10.2. The number of hydrogen-bond donors (Lipinski definition) is 2. The first-order chi connectivity index (χ1) is 13.2. The van der Waals surface area contributed by atoms with Crippen molar-refractivity contribution in [2.24, 2.45) is 0 Å². The number of aliphatic hydroxyl groups excluding tert-OH is 1. The molecule has 4 rings (SSSR count). The van der Waals surface area contributed by atoms with Gasteiger partial charge in [-0.15, -0.1) is 0 Å². The predicted molar refractivity (Wildman–Crippen MR) is 104 cm³/mol. The Morgan fingerprint density at radius 2 is 1.67 bits per heavy atom. The van der Waals surface area contributed by atoms with Crippen molar-refractivity contribution >= 4 is 11.6 Å². The maximum absolute atomic E-state index is 12.7. The minimum Gasteiger partial charge on any atom is -0.390 e. The number of aliphatic hydroxyl groups is 1. The van der Waals surface area contributed by atoms with Crippen LogP contribution < -0.4 is 10.2 Å². The maximum atomic E-state index is 12.7. The highest BCUT2D eigenvalue weighted by Crippen LogP contribution is 2.36. The van der Waals surface area contributed by atoms with Crippen LogP contribution in [0.5, 0.6) is 0 Å². The molecule has 1 aromatic carbocycles. The molecule has 1 atom stereocenters. The largest absolute Gasteiger partial charge is 0.390 e. The summed E-state index contributed by atoms with van der Waals surface area (Å²) < 4.78 is 5.37. The zero-order chi connectivity index (χ0) is 18.7. The van der Waals surface area contributed by atoms with Crippen LogP contribution in [0.2, 0.25) is 0 Å². The van der Waals surface area contributed by atoms with E-state index in [4.69, 9.17) is 4.74 Å². The number of benzene rings is 1. The number of morpholine rings is 1. The first-order valence-corrected chi connectivity index (χ1v) is 9.99. The van der Waals surface area contributed by atoms with Gasteiger partial charge in [0.05, 0.1) is 26.0 Å². The van der Waals surface area contributed by atoms with Crippen LogP contribution in [0.15, 0.2) is 30.3 Å². The second kappa shape index (κ2) is 8.14. The van der Waals surface area contributed by atoms with E-state index in [0.717, 1.165) is 57.9 Å². The quantitative estimate of drug-likeness (QED) is 0.763. The summed E-state index contributed by atoms with van der Waals surface area (Å²) >= 11 is 0. The second-order valence-corrected chi connectivity index (χ2v) is 7.83. The Bertz CT molecular complexity index is 627. The molecule has 3 aliphatic heterocycles. The molecule has 0 aromatic heterocycles. The van der Waals surface area contributed by atoms with Crippen LogP contribution in [0.25, 0.3) is 0 Å². The molecule has 1 amide bonds. The third-order valence-corrected chi connectivity index (χ3v) is 6.13. The van der Waals surface area contributed by atoms with E-state index in [9.17, 15) is 9.90 Å². The van der Waals surface area contributed by atoms with Crippen molar-refractivity contribution in [3.05, 3.63) is 30.3 Å². The van der Waals surface area contributed by atoms with Gasteiger partial charge in [-0.25, -0.2) is 0 Å². The molecule has 0 radical (unpaired) electrons. The number of nitrogens with one attached hydrogen (secondary N) is 1. The van der Waals surface area contributed by atoms with Crippen molar-refractivity contribution in [1.29, 1.82) is 0 Å². The lowest BCUT2D eigenvalue weighted by Crippen LogP contribution is -2.57. The molecular weight excluding hydrogens is 344 g/mol. The lowest BCUT2D eigenvalue weighted by atomic mass is 9.85. The molecule has 0 saturated carbocycles. The number of ether oxygens (including phenoxy) is 1. The topological polar surface area (TPSA) is 68.3 Å². The smallest absolute Gasteiger partial charge is 0.247 e. The number of likely N-dealkylation sites (tertiary alicyclic amines) is 1. The summed E-state index contributed by atoms with van der Waals surface area (Å²) in [6.45, 7) is 6.89. The molecule has 0 bridgehead atoms. The van der Waals surface area contributed by atoms with Gasteiger partial charge in [-0.1, -0.05) is 18.2 Å². The average molecular weight is 374 g/mol. The van der Waals surface area contributed by atoms with Crippen LogP contribution in [0.3, 0.4) is 0 Å². The normalized spacial score (nSPS) is 24.9. The fourth-order valence-corrected chi connectivity index (χ4v) is 4.58. The number of nitrogens with zero attached hydrogens (tertiary/aromatic N) is 3. The molecule has 2 N–H and O–H groups in total. The molecule has 3 heterocycles. The zero-order valence-electron chi connectivity index (χ0n) is 15.8. The minimum atomic E-state index is -0.451. The van der Waals surface area contributed by atoms with Gasteiger partial charge in [-0.2, -0.15) is 0 Å². The summed E-state index contributed by atoms with van der Waals surface area (Å²) in [5.41, 5.74) is 0.643.